The van der Waals surface area contributed by atoms with Crippen molar-refractivity contribution >= 4 is 28.8 Å². The number of halogens is 2. The minimum atomic E-state index is -1.15. The van der Waals surface area contributed by atoms with Gasteiger partial charge in [0.1, 0.15) is 17.7 Å². The van der Waals surface area contributed by atoms with Gasteiger partial charge in [0.15, 0.2) is 0 Å². The minimum absolute atomic E-state index is 0.00297. The molecule has 0 radical (unpaired) electrons. The second kappa shape index (κ2) is 9.39. The number of carbonyl (C=O) groups is 2. The molecule has 31 heavy (non-hydrogen) atoms. The van der Waals surface area contributed by atoms with Gasteiger partial charge in [-0.15, -0.1) is 11.3 Å². The Morgan fingerprint density at radius 1 is 0.968 bits per heavy atom. The smallest absolute Gasteiger partial charge is 0.269 e. The van der Waals surface area contributed by atoms with Crippen LogP contribution in [0.5, 0.6) is 0 Å². The van der Waals surface area contributed by atoms with Crippen LogP contribution in [0.4, 0.5) is 14.5 Å². The van der Waals surface area contributed by atoms with Crippen LogP contribution in [-0.2, 0) is 4.79 Å². The number of anilines is 1. The monoisotopic (exact) mass is 440 g/mol. The van der Waals surface area contributed by atoms with Gasteiger partial charge in [-0.1, -0.05) is 43.2 Å². The van der Waals surface area contributed by atoms with E-state index in [0.29, 0.717) is 10.4 Å². The summed E-state index contributed by atoms with van der Waals surface area (Å²) in [7, 11) is 0. The largest absolute Gasteiger partial charge is 0.351 e. The summed E-state index contributed by atoms with van der Waals surface area (Å²) in [5.74, 6) is -1.98. The number of benzene rings is 2. The molecule has 4 rings (SSSR count). The number of para-hydroxylation sites is 1. The van der Waals surface area contributed by atoms with Gasteiger partial charge in [0, 0.05) is 6.04 Å². The second-order valence-electron chi connectivity index (χ2n) is 7.55. The summed E-state index contributed by atoms with van der Waals surface area (Å²) in [4.78, 5) is 28.5. The van der Waals surface area contributed by atoms with E-state index < -0.39 is 29.5 Å². The lowest BCUT2D eigenvalue weighted by atomic mass is 10.0. The molecule has 3 aromatic rings. The molecule has 0 unspecified atom stereocenters. The maximum absolute atomic E-state index is 14.9. The molecule has 0 bridgehead atoms. The lowest BCUT2D eigenvalue weighted by molar-refractivity contribution is -0.123. The molecule has 1 aliphatic carbocycles. The Hall–Kier alpha value is -3.06. The van der Waals surface area contributed by atoms with E-state index in [1.165, 1.54) is 58.7 Å². The highest BCUT2D eigenvalue weighted by atomic mass is 32.1. The van der Waals surface area contributed by atoms with Gasteiger partial charge in [0.2, 0.25) is 5.91 Å². The zero-order valence-electron chi connectivity index (χ0n) is 16.8. The number of nitrogens with one attached hydrogen (secondary N) is 1. The Labute approximate surface area is 183 Å². The lowest BCUT2D eigenvalue weighted by Gasteiger charge is -2.32. The van der Waals surface area contributed by atoms with E-state index in [2.05, 4.69) is 5.32 Å². The fourth-order valence-electron chi connectivity index (χ4n) is 3.94. The molecular formula is C24H22F2N2O2S. The molecule has 1 fully saturated rings. The summed E-state index contributed by atoms with van der Waals surface area (Å²) in [6.07, 6.45) is 3.77. The van der Waals surface area contributed by atoms with E-state index in [1.807, 2.05) is 0 Å². The van der Waals surface area contributed by atoms with E-state index in [1.54, 1.807) is 23.6 Å². The number of rotatable bonds is 6. The van der Waals surface area contributed by atoms with Crippen molar-refractivity contribution in [3.05, 3.63) is 88.1 Å². The summed E-state index contributed by atoms with van der Waals surface area (Å²) in [5, 5.41) is 4.76. The first kappa shape index (κ1) is 21.2. The third-order valence-corrected chi connectivity index (χ3v) is 6.31. The van der Waals surface area contributed by atoms with Crippen molar-refractivity contribution in [3.8, 4) is 0 Å². The van der Waals surface area contributed by atoms with Gasteiger partial charge in [-0.25, -0.2) is 8.78 Å². The SMILES string of the molecule is O=C(NC1CCCC1)[C@@H](c1ccc(F)cc1)N(C(=O)c1cccs1)c1ccccc1F. The first-order chi connectivity index (χ1) is 15.0. The molecule has 0 aliphatic heterocycles. The number of nitrogens with zero attached hydrogens (tertiary/aromatic N) is 1. The number of hydrogen-bond donors (Lipinski definition) is 1. The van der Waals surface area contributed by atoms with E-state index in [4.69, 9.17) is 0 Å². The molecule has 1 saturated carbocycles. The van der Waals surface area contributed by atoms with Crippen LogP contribution >= 0.6 is 11.3 Å². The van der Waals surface area contributed by atoms with Gasteiger partial charge >= 0.3 is 0 Å². The fourth-order valence-corrected chi connectivity index (χ4v) is 4.60. The number of thiophene rings is 1. The number of carbonyl (C=O) groups excluding carboxylic acids is 2. The predicted molar refractivity (Wildman–Crippen MR) is 117 cm³/mol. The lowest BCUT2D eigenvalue weighted by Crippen LogP contribution is -2.46. The van der Waals surface area contributed by atoms with Crippen molar-refractivity contribution in [1.29, 1.82) is 0 Å². The van der Waals surface area contributed by atoms with Crippen molar-refractivity contribution in [2.75, 3.05) is 4.90 Å². The Morgan fingerprint density at radius 3 is 2.32 bits per heavy atom. The van der Waals surface area contributed by atoms with Crippen molar-refractivity contribution in [2.45, 2.75) is 37.8 Å². The molecule has 2 amide bonds. The highest BCUT2D eigenvalue weighted by Gasteiger charge is 2.36. The third-order valence-electron chi connectivity index (χ3n) is 5.46. The van der Waals surface area contributed by atoms with Crippen LogP contribution in [0.2, 0.25) is 0 Å². The molecule has 1 atom stereocenters. The van der Waals surface area contributed by atoms with Crippen molar-refractivity contribution in [1.82, 2.24) is 5.32 Å². The second-order valence-corrected chi connectivity index (χ2v) is 8.50. The van der Waals surface area contributed by atoms with Crippen LogP contribution < -0.4 is 10.2 Å². The molecule has 1 aliphatic rings. The van der Waals surface area contributed by atoms with Crippen molar-refractivity contribution in [3.63, 3.8) is 0 Å². The van der Waals surface area contributed by atoms with Crippen molar-refractivity contribution in [2.24, 2.45) is 0 Å². The summed E-state index contributed by atoms with van der Waals surface area (Å²) < 4.78 is 28.5. The summed E-state index contributed by atoms with van der Waals surface area (Å²) in [6, 6.07) is 13.5. The van der Waals surface area contributed by atoms with Crippen LogP contribution in [0.15, 0.2) is 66.0 Å². The van der Waals surface area contributed by atoms with Gasteiger partial charge in [-0.2, -0.15) is 0 Å². The first-order valence-electron chi connectivity index (χ1n) is 10.2. The zero-order valence-corrected chi connectivity index (χ0v) is 17.6. The Kier molecular flexibility index (Phi) is 6.42. The average Bonchev–Trinajstić information content (AvgIpc) is 3.47. The highest BCUT2D eigenvalue weighted by molar-refractivity contribution is 7.12. The highest BCUT2D eigenvalue weighted by Crippen LogP contribution is 2.33. The van der Waals surface area contributed by atoms with E-state index in [0.717, 1.165) is 25.7 Å². The summed E-state index contributed by atoms with van der Waals surface area (Å²) >= 11 is 1.21. The quantitative estimate of drug-likeness (QED) is 0.552. The van der Waals surface area contributed by atoms with Crippen LogP contribution in [0.3, 0.4) is 0 Å². The van der Waals surface area contributed by atoms with E-state index in [-0.39, 0.29) is 11.7 Å². The Bertz CT molecular complexity index is 1050. The van der Waals surface area contributed by atoms with Gasteiger partial charge in [0.05, 0.1) is 10.6 Å². The average molecular weight is 441 g/mol. The third kappa shape index (κ3) is 4.66. The normalized spacial score (nSPS) is 14.9. The van der Waals surface area contributed by atoms with E-state index in [9.17, 15) is 18.4 Å². The first-order valence-corrected chi connectivity index (χ1v) is 11.1. The van der Waals surface area contributed by atoms with Crippen molar-refractivity contribution < 1.29 is 18.4 Å². The molecule has 1 aromatic heterocycles. The summed E-state index contributed by atoms with van der Waals surface area (Å²) in [5.41, 5.74) is 0.404. The fraction of sp³-hybridized carbons (Fsp3) is 0.250. The molecular weight excluding hydrogens is 418 g/mol. The molecule has 160 valence electrons. The van der Waals surface area contributed by atoms with Crippen LogP contribution in [-0.4, -0.2) is 17.9 Å². The Morgan fingerprint density at radius 2 is 1.68 bits per heavy atom. The maximum atomic E-state index is 14.9. The summed E-state index contributed by atoms with van der Waals surface area (Å²) in [6.45, 7) is 0. The van der Waals surface area contributed by atoms with Crippen LogP contribution in [0.1, 0.15) is 47.0 Å². The van der Waals surface area contributed by atoms with Gasteiger partial charge in [-0.05, 0) is 54.1 Å². The molecule has 2 aromatic carbocycles. The van der Waals surface area contributed by atoms with Gasteiger partial charge < -0.3 is 5.32 Å². The molecule has 0 saturated heterocycles. The Balaban J connectivity index is 1.82. The standard InChI is InChI=1S/C24H22F2N2O2S/c25-17-13-11-16(12-14-17)22(23(29)27-18-6-1-2-7-18)28(20-9-4-3-8-19(20)26)24(30)21-10-5-15-31-21/h3-5,8-15,18,22H,1-2,6-7H2,(H,27,29)/t22-/m1/s1. The maximum Gasteiger partial charge on any atom is 0.269 e. The molecule has 4 nitrogen and oxygen atoms in total. The van der Waals surface area contributed by atoms with Crippen LogP contribution in [0, 0.1) is 11.6 Å². The predicted octanol–water partition coefficient (Wildman–Crippen LogP) is 5.47. The van der Waals surface area contributed by atoms with Gasteiger partial charge in [0.25, 0.3) is 5.91 Å². The molecule has 0 spiro atoms. The molecule has 1 N–H and O–H groups in total. The van der Waals surface area contributed by atoms with Crippen LogP contribution in [0.25, 0.3) is 0 Å². The van der Waals surface area contributed by atoms with Gasteiger partial charge in [-0.3, -0.25) is 14.5 Å². The topological polar surface area (TPSA) is 49.4 Å². The number of amides is 2. The minimum Gasteiger partial charge on any atom is -0.351 e. The van der Waals surface area contributed by atoms with E-state index >= 15 is 0 Å². The molecule has 1 heterocycles. The zero-order chi connectivity index (χ0) is 21.8. The molecule has 7 heteroatoms. The number of hydrogen-bond acceptors (Lipinski definition) is 3.